The highest BCUT2D eigenvalue weighted by Gasteiger charge is 2.26. The fraction of sp³-hybridized carbons (Fsp3) is 0.667. The van der Waals surface area contributed by atoms with E-state index in [4.69, 9.17) is 4.74 Å². The minimum Gasteiger partial charge on any atom is -0.492 e. The van der Waals surface area contributed by atoms with Crippen LogP contribution in [0.2, 0.25) is 0 Å². The van der Waals surface area contributed by atoms with Crippen molar-refractivity contribution in [2.75, 3.05) is 39.3 Å². The molecule has 0 amide bonds. The fourth-order valence-electron chi connectivity index (χ4n) is 3.13. The molecule has 1 heterocycles. The second kappa shape index (κ2) is 8.51. The predicted molar refractivity (Wildman–Crippen MR) is 90.4 cm³/mol. The lowest BCUT2D eigenvalue weighted by molar-refractivity contribution is 0.0322. The molecule has 0 aromatic heterocycles. The van der Waals surface area contributed by atoms with Crippen LogP contribution in [-0.4, -0.2) is 66.4 Å². The first-order chi connectivity index (χ1) is 10.6. The van der Waals surface area contributed by atoms with E-state index in [2.05, 4.69) is 29.7 Å². The van der Waals surface area contributed by atoms with Crippen molar-refractivity contribution in [3.05, 3.63) is 29.8 Å². The maximum Gasteiger partial charge on any atom is 0.122 e. The van der Waals surface area contributed by atoms with Gasteiger partial charge in [-0.3, -0.25) is 9.80 Å². The summed E-state index contributed by atoms with van der Waals surface area (Å²) in [7, 11) is 0. The molecule has 1 aliphatic heterocycles. The third-order valence-corrected chi connectivity index (χ3v) is 4.42. The molecule has 1 aliphatic rings. The Morgan fingerprint density at radius 3 is 2.77 bits per heavy atom. The number of rotatable bonds is 7. The van der Waals surface area contributed by atoms with Gasteiger partial charge in [-0.15, -0.1) is 0 Å². The second-order valence-corrected chi connectivity index (χ2v) is 6.32. The summed E-state index contributed by atoms with van der Waals surface area (Å²) in [5.41, 5.74) is 1.19. The van der Waals surface area contributed by atoms with Gasteiger partial charge in [0.25, 0.3) is 0 Å². The van der Waals surface area contributed by atoms with E-state index >= 15 is 0 Å². The molecule has 1 fully saturated rings. The molecule has 1 saturated heterocycles. The van der Waals surface area contributed by atoms with Crippen LogP contribution in [0.3, 0.4) is 0 Å². The van der Waals surface area contributed by atoms with Crippen LogP contribution in [-0.2, 0) is 0 Å². The monoisotopic (exact) mass is 306 g/mol. The highest BCUT2D eigenvalue weighted by Crippen LogP contribution is 2.17. The zero-order valence-electron chi connectivity index (χ0n) is 14.2. The highest BCUT2D eigenvalue weighted by molar-refractivity contribution is 5.31. The summed E-state index contributed by atoms with van der Waals surface area (Å²) in [5.74, 6) is 0.988. The number of aliphatic hydroxyl groups excluding tert-OH is 1. The maximum absolute atomic E-state index is 9.60. The van der Waals surface area contributed by atoms with Gasteiger partial charge >= 0.3 is 0 Å². The van der Waals surface area contributed by atoms with E-state index in [1.807, 2.05) is 25.1 Å². The molecule has 1 aromatic carbocycles. The summed E-state index contributed by atoms with van der Waals surface area (Å²) >= 11 is 0. The number of hydrogen-bond acceptors (Lipinski definition) is 4. The molecule has 0 spiro atoms. The van der Waals surface area contributed by atoms with Crippen molar-refractivity contribution in [2.45, 2.75) is 39.3 Å². The van der Waals surface area contributed by atoms with Crippen LogP contribution in [0.4, 0.5) is 0 Å². The number of ether oxygens (including phenoxy) is 1. The van der Waals surface area contributed by atoms with Crippen LogP contribution < -0.4 is 4.74 Å². The molecule has 0 radical (unpaired) electrons. The third kappa shape index (κ3) is 4.97. The quantitative estimate of drug-likeness (QED) is 0.837. The topological polar surface area (TPSA) is 35.9 Å². The van der Waals surface area contributed by atoms with Gasteiger partial charge in [-0.05, 0) is 31.9 Å². The Kier molecular flexibility index (Phi) is 6.68. The van der Waals surface area contributed by atoms with Gasteiger partial charge in [0.1, 0.15) is 12.4 Å². The van der Waals surface area contributed by atoms with Gasteiger partial charge in [-0.2, -0.15) is 0 Å². The summed E-state index contributed by atoms with van der Waals surface area (Å²) in [6.45, 7) is 11.8. The molecule has 1 N–H and O–H groups in total. The summed E-state index contributed by atoms with van der Waals surface area (Å²) in [6, 6.07) is 8.71. The minimum atomic E-state index is -0.245. The normalized spacial score (nSPS) is 21.7. The van der Waals surface area contributed by atoms with Gasteiger partial charge < -0.3 is 9.84 Å². The van der Waals surface area contributed by atoms with Gasteiger partial charge in [-0.1, -0.05) is 25.1 Å². The average Bonchev–Trinajstić information content (AvgIpc) is 2.50. The van der Waals surface area contributed by atoms with Crippen LogP contribution >= 0.6 is 0 Å². The third-order valence-electron chi connectivity index (χ3n) is 4.42. The van der Waals surface area contributed by atoms with E-state index in [-0.39, 0.29) is 6.10 Å². The van der Waals surface area contributed by atoms with E-state index in [0.29, 0.717) is 6.04 Å². The van der Waals surface area contributed by atoms with Crippen molar-refractivity contribution in [1.29, 1.82) is 0 Å². The van der Waals surface area contributed by atoms with Crippen LogP contribution in [0, 0.1) is 6.92 Å². The smallest absolute Gasteiger partial charge is 0.122 e. The van der Waals surface area contributed by atoms with Crippen LogP contribution in [0.5, 0.6) is 5.75 Å². The van der Waals surface area contributed by atoms with Gasteiger partial charge in [0.05, 0.1) is 6.10 Å². The summed E-state index contributed by atoms with van der Waals surface area (Å²) in [6.07, 6.45) is 0.881. The zero-order chi connectivity index (χ0) is 15.9. The van der Waals surface area contributed by atoms with Gasteiger partial charge in [0.15, 0.2) is 0 Å². The van der Waals surface area contributed by atoms with E-state index in [9.17, 15) is 5.11 Å². The molecule has 4 heteroatoms. The first-order valence-corrected chi connectivity index (χ1v) is 8.43. The molecule has 0 aliphatic carbocycles. The molecule has 124 valence electrons. The summed E-state index contributed by atoms with van der Waals surface area (Å²) < 4.78 is 5.90. The van der Waals surface area contributed by atoms with Crippen molar-refractivity contribution in [3.8, 4) is 5.75 Å². The van der Waals surface area contributed by atoms with Crippen molar-refractivity contribution in [3.63, 3.8) is 0 Å². The van der Waals surface area contributed by atoms with Gasteiger partial charge in [0.2, 0.25) is 0 Å². The highest BCUT2D eigenvalue weighted by atomic mass is 16.5. The Morgan fingerprint density at radius 1 is 1.32 bits per heavy atom. The van der Waals surface area contributed by atoms with Gasteiger partial charge in [-0.25, -0.2) is 0 Å². The van der Waals surface area contributed by atoms with E-state index < -0.39 is 0 Å². The number of β-amino-alcohol motifs (C(OH)–C–C–N with tert-alkyl or cyclic N) is 1. The molecule has 2 atom stereocenters. The number of benzene rings is 1. The molecule has 0 unspecified atom stereocenters. The Balaban J connectivity index is 1.76. The van der Waals surface area contributed by atoms with E-state index in [1.165, 1.54) is 5.56 Å². The predicted octanol–water partition coefficient (Wildman–Crippen LogP) is 2.15. The van der Waals surface area contributed by atoms with Crippen LogP contribution in [0.15, 0.2) is 24.3 Å². The Bertz CT molecular complexity index is 450. The van der Waals surface area contributed by atoms with Crippen molar-refractivity contribution in [1.82, 2.24) is 9.80 Å². The number of aryl methyl sites for hydroxylation is 1. The molecule has 0 saturated carbocycles. The number of para-hydroxylation sites is 1. The SMILES string of the molecule is CC[C@@H]1CN(CCOc2ccccc2C)CCN1C[C@H](C)O. The molecule has 2 rings (SSSR count). The maximum atomic E-state index is 9.60. The summed E-state index contributed by atoms with van der Waals surface area (Å²) in [5, 5.41) is 9.60. The van der Waals surface area contributed by atoms with E-state index in [1.54, 1.807) is 0 Å². The van der Waals surface area contributed by atoms with Crippen molar-refractivity contribution in [2.24, 2.45) is 0 Å². The number of nitrogens with zero attached hydrogens (tertiary/aromatic N) is 2. The second-order valence-electron chi connectivity index (χ2n) is 6.32. The van der Waals surface area contributed by atoms with Crippen LogP contribution in [0.25, 0.3) is 0 Å². The lowest BCUT2D eigenvalue weighted by atomic mass is 10.1. The fourth-order valence-corrected chi connectivity index (χ4v) is 3.13. The summed E-state index contributed by atoms with van der Waals surface area (Å²) in [4.78, 5) is 4.90. The lowest BCUT2D eigenvalue weighted by Gasteiger charge is -2.41. The number of aliphatic hydroxyl groups is 1. The molecule has 4 nitrogen and oxygen atoms in total. The van der Waals surface area contributed by atoms with Crippen molar-refractivity contribution < 1.29 is 9.84 Å². The molecule has 1 aromatic rings. The first kappa shape index (κ1) is 17.3. The molecule has 0 bridgehead atoms. The zero-order valence-corrected chi connectivity index (χ0v) is 14.2. The molecular weight excluding hydrogens is 276 g/mol. The van der Waals surface area contributed by atoms with Crippen molar-refractivity contribution >= 4 is 0 Å². The average molecular weight is 306 g/mol. The van der Waals surface area contributed by atoms with E-state index in [0.717, 1.165) is 51.5 Å². The Labute approximate surface area is 134 Å². The standard InChI is InChI=1S/C18H30N2O2/c1-4-17-14-19(9-10-20(17)13-16(3)21)11-12-22-18-8-6-5-7-15(18)2/h5-8,16-17,21H,4,9-14H2,1-3H3/t16-,17+/m0/s1. The largest absolute Gasteiger partial charge is 0.492 e. The number of piperazine rings is 1. The minimum absolute atomic E-state index is 0.245. The molecular formula is C18H30N2O2. The lowest BCUT2D eigenvalue weighted by Crippen LogP contribution is -2.55. The van der Waals surface area contributed by atoms with Gasteiger partial charge in [0, 0.05) is 38.8 Å². The first-order valence-electron chi connectivity index (χ1n) is 8.43. The molecule has 22 heavy (non-hydrogen) atoms. The van der Waals surface area contributed by atoms with Crippen LogP contribution in [0.1, 0.15) is 25.8 Å². The Hall–Kier alpha value is -1.10. The number of hydrogen-bond donors (Lipinski definition) is 1. The Morgan fingerprint density at radius 2 is 2.09 bits per heavy atom.